The Kier molecular flexibility index (Phi) is 15.3. The van der Waals surface area contributed by atoms with E-state index in [2.05, 4.69) is 20.4 Å². The summed E-state index contributed by atoms with van der Waals surface area (Å²) >= 11 is 0. The first-order chi connectivity index (χ1) is 20.7. The van der Waals surface area contributed by atoms with Crippen LogP contribution >= 0.6 is 0 Å². The minimum atomic E-state index is -0.523. The van der Waals surface area contributed by atoms with Gasteiger partial charge in [0, 0.05) is 18.3 Å². The maximum atomic E-state index is 13.9. The molecule has 1 aromatic heterocycles. The van der Waals surface area contributed by atoms with E-state index in [0.717, 1.165) is 46.4 Å². The van der Waals surface area contributed by atoms with Crippen molar-refractivity contribution in [1.29, 1.82) is 0 Å². The molecule has 1 aliphatic rings. The number of nitrogens with zero attached hydrogens (tertiary/aromatic N) is 1. The highest BCUT2D eigenvalue weighted by Gasteiger charge is 2.29. The molecule has 0 aliphatic carbocycles. The van der Waals surface area contributed by atoms with E-state index in [4.69, 9.17) is 23.9 Å². The van der Waals surface area contributed by atoms with E-state index < -0.39 is 5.60 Å². The number of hydrogen-bond donors (Lipinski definition) is 0. The predicted molar refractivity (Wildman–Crippen MR) is 176 cm³/mol. The number of rotatable bonds is 11. The topological polar surface area (TPSA) is 66.9 Å². The normalized spacial score (nSPS) is 18.5. The molecular formula is C37H54FNO5. The lowest BCUT2D eigenvalue weighted by molar-refractivity contribution is -0.157. The SMILES string of the molecule is C=CC.CC(C)=COCCc1cnc(C(C)C)c(CC[C@@H]2C[C@H](CC(=O)OC(C)(C)C)COC(C)O2)c1-c1ccc(F)cc1. The smallest absolute Gasteiger partial charge is 0.306 e. The Balaban J connectivity index is 0.00000216. The Morgan fingerprint density at radius 3 is 2.43 bits per heavy atom. The number of allylic oxidation sites excluding steroid dienone is 2. The van der Waals surface area contributed by atoms with Gasteiger partial charge in [0.05, 0.1) is 32.0 Å². The number of halogens is 1. The second-order valence-corrected chi connectivity index (χ2v) is 13.0. The number of carbonyl (C=O) groups excluding carboxylic acids is 1. The van der Waals surface area contributed by atoms with E-state index in [1.807, 2.05) is 66.8 Å². The van der Waals surface area contributed by atoms with Crippen molar-refractivity contribution in [2.45, 2.75) is 118 Å². The number of esters is 1. The summed E-state index contributed by atoms with van der Waals surface area (Å²) < 4.78 is 37.4. The number of hydrogen-bond acceptors (Lipinski definition) is 6. The molecule has 1 aliphatic heterocycles. The van der Waals surface area contributed by atoms with Gasteiger partial charge in [0.25, 0.3) is 0 Å². The fourth-order valence-electron chi connectivity index (χ4n) is 5.25. The number of benzene rings is 1. The van der Waals surface area contributed by atoms with Gasteiger partial charge in [-0.25, -0.2) is 4.39 Å². The molecule has 7 heteroatoms. The molecular weight excluding hydrogens is 557 g/mol. The van der Waals surface area contributed by atoms with Crippen LogP contribution in [0, 0.1) is 11.7 Å². The molecule has 0 spiro atoms. The van der Waals surface area contributed by atoms with Crippen LogP contribution in [-0.4, -0.2) is 42.2 Å². The van der Waals surface area contributed by atoms with Crippen molar-refractivity contribution in [1.82, 2.24) is 4.98 Å². The van der Waals surface area contributed by atoms with Crippen LogP contribution in [0.5, 0.6) is 0 Å². The van der Waals surface area contributed by atoms with Crippen molar-refractivity contribution in [2.75, 3.05) is 13.2 Å². The van der Waals surface area contributed by atoms with Crippen LogP contribution in [0.15, 0.2) is 55.0 Å². The lowest BCUT2D eigenvalue weighted by atomic mass is 9.86. The quantitative estimate of drug-likeness (QED) is 0.109. The third kappa shape index (κ3) is 12.9. The fourth-order valence-corrected chi connectivity index (χ4v) is 5.25. The van der Waals surface area contributed by atoms with Crippen molar-refractivity contribution < 1.29 is 28.1 Å². The molecule has 6 nitrogen and oxygen atoms in total. The number of pyridine rings is 1. The molecule has 0 bridgehead atoms. The van der Waals surface area contributed by atoms with E-state index in [9.17, 15) is 9.18 Å². The van der Waals surface area contributed by atoms with Gasteiger partial charge in [-0.15, -0.1) is 6.58 Å². The highest BCUT2D eigenvalue weighted by Crippen LogP contribution is 2.35. The van der Waals surface area contributed by atoms with E-state index in [-0.39, 0.29) is 36.0 Å². The van der Waals surface area contributed by atoms with Gasteiger partial charge >= 0.3 is 5.97 Å². The van der Waals surface area contributed by atoms with Crippen LogP contribution in [0.4, 0.5) is 4.39 Å². The van der Waals surface area contributed by atoms with Gasteiger partial charge in [-0.05, 0) is 120 Å². The van der Waals surface area contributed by atoms with Crippen molar-refractivity contribution in [3.63, 3.8) is 0 Å². The molecule has 0 N–H and O–H groups in total. The molecule has 0 saturated carbocycles. The highest BCUT2D eigenvalue weighted by molar-refractivity contribution is 5.72. The zero-order chi connectivity index (χ0) is 32.9. The average Bonchev–Trinajstić information content (AvgIpc) is 3.09. The third-order valence-electron chi connectivity index (χ3n) is 6.92. The van der Waals surface area contributed by atoms with Gasteiger partial charge in [0.2, 0.25) is 0 Å². The zero-order valence-electron chi connectivity index (χ0n) is 28.4. The minimum absolute atomic E-state index is 0.0117. The van der Waals surface area contributed by atoms with Crippen molar-refractivity contribution >= 4 is 5.97 Å². The van der Waals surface area contributed by atoms with Crippen molar-refractivity contribution in [3.05, 3.63) is 77.6 Å². The Bertz CT molecular complexity index is 1210. The van der Waals surface area contributed by atoms with E-state index >= 15 is 0 Å². The predicted octanol–water partition coefficient (Wildman–Crippen LogP) is 9.12. The average molecular weight is 612 g/mol. The maximum absolute atomic E-state index is 13.9. The van der Waals surface area contributed by atoms with Gasteiger partial charge in [-0.3, -0.25) is 9.78 Å². The van der Waals surface area contributed by atoms with E-state index in [0.29, 0.717) is 32.5 Å². The first kappa shape index (κ1) is 37.2. The van der Waals surface area contributed by atoms with E-state index in [1.165, 1.54) is 12.1 Å². The molecule has 2 heterocycles. The molecule has 2 aromatic rings. The van der Waals surface area contributed by atoms with Crippen LogP contribution in [0.25, 0.3) is 11.1 Å². The summed E-state index contributed by atoms with van der Waals surface area (Å²) in [6.07, 6.45) is 8.16. The van der Waals surface area contributed by atoms with Gasteiger partial charge in [0.1, 0.15) is 11.4 Å². The summed E-state index contributed by atoms with van der Waals surface area (Å²) in [4.78, 5) is 17.5. The first-order valence-corrected chi connectivity index (χ1v) is 15.8. The highest BCUT2D eigenvalue weighted by atomic mass is 19.1. The summed E-state index contributed by atoms with van der Waals surface area (Å²) in [6, 6.07) is 6.70. The summed E-state index contributed by atoms with van der Waals surface area (Å²) in [5, 5.41) is 0. The molecule has 0 radical (unpaired) electrons. The molecule has 3 rings (SSSR count). The summed E-state index contributed by atoms with van der Waals surface area (Å²) in [7, 11) is 0. The molecule has 1 unspecified atom stereocenters. The van der Waals surface area contributed by atoms with Crippen molar-refractivity contribution in [2.24, 2.45) is 5.92 Å². The van der Waals surface area contributed by atoms with Crippen LogP contribution in [-0.2, 0) is 36.6 Å². The second-order valence-electron chi connectivity index (χ2n) is 13.0. The number of carbonyl (C=O) groups is 1. The monoisotopic (exact) mass is 611 g/mol. The molecule has 1 fully saturated rings. The van der Waals surface area contributed by atoms with Gasteiger partial charge in [0.15, 0.2) is 6.29 Å². The molecule has 1 saturated heterocycles. The first-order valence-electron chi connectivity index (χ1n) is 15.8. The lowest BCUT2D eigenvalue weighted by Crippen LogP contribution is -2.27. The molecule has 244 valence electrons. The fraction of sp³-hybridized carbons (Fsp3) is 0.568. The van der Waals surface area contributed by atoms with Gasteiger partial charge in [-0.2, -0.15) is 0 Å². The molecule has 3 atom stereocenters. The third-order valence-corrected chi connectivity index (χ3v) is 6.92. The van der Waals surface area contributed by atoms with Crippen LogP contribution < -0.4 is 0 Å². The second kappa shape index (κ2) is 18.1. The van der Waals surface area contributed by atoms with Crippen molar-refractivity contribution in [3.8, 4) is 11.1 Å². The minimum Gasteiger partial charge on any atom is -0.501 e. The number of aromatic nitrogens is 1. The molecule has 44 heavy (non-hydrogen) atoms. The molecule has 0 amide bonds. The lowest BCUT2D eigenvalue weighted by Gasteiger charge is -2.24. The molecule has 1 aromatic carbocycles. The number of ether oxygens (including phenoxy) is 4. The largest absolute Gasteiger partial charge is 0.501 e. The summed E-state index contributed by atoms with van der Waals surface area (Å²) in [6.45, 7) is 22.1. The van der Waals surface area contributed by atoms with Crippen LogP contribution in [0.2, 0.25) is 0 Å². The zero-order valence-corrected chi connectivity index (χ0v) is 28.4. The Morgan fingerprint density at radius 1 is 1.18 bits per heavy atom. The Morgan fingerprint density at radius 2 is 1.84 bits per heavy atom. The van der Waals surface area contributed by atoms with Gasteiger partial charge in [-0.1, -0.05) is 32.1 Å². The maximum Gasteiger partial charge on any atom is 0.306 e. The summed E-state index contributed by atoms with van der Waals surface area (Å²) in [5.41, 5.74) is 5.88. The Hall–Kier alpha value is -3.03. The van der Waals surface area contributed by atoms with Gasteiger partial charge < -0.3 is 18.9 Å². The standard InChI is InChI=1S/C34H48FNO5.C3H6/c1-22(2)20-38-16-15-27-19-36-33(23(3)4)30(32(27)26-9-11-28(35)12-10-26)14-13-29-17-25(21-39-24(5)40-29)18-31(37)41-34(6,7)8;1-3-2/h9-12,19-20,23-25,29H,13-18,21H2,1-8H3;3H,1H2,2H3/t24?,25-,29-;/m1./s1. The van der Waals surface area contributed by atoms with Crippen LogP contribution in [0.1, 0.15) is 104 Å². The summed E-state index contributed by atoms with van der Waals surface area (Å²) in [5.74, 6) is -0.263. The van der Waals surface area contributed by atoms with E-state index in [1.54, 1.807) is 12.3 Å². The Labute approximate surface area is 265 Å². The van der Waals surface area contributed by atoms with Crippen LogP contribution in [0.3, 0.4) is 0 Å².